The van der Waals surface area contributed by atoms with Crippen molar-refractivity contribution in [2.24, 2.45) is 4.99 Å². The Hall–Kier alpha value is -1.64. The van der Waals surface area contributed by atoms with Crippen LogP contribution in [-0.2, 0) is 16.0 Å². The maximum absolute atomic E-state index is 10.3. The molecule has 0 N–H and O–H groups in total. The maximum atomic E-state index is 10.3. The van der Waals surface area contributed by atoms with Crippen molar-refractivity contribution in [1.29, 1.82) is 0 Å². The predicted octanol–water partition coefficient (Wildman–Crippen LogP) is 1.98. The van der Waals surface area contributed by atoms with E-state index in [4.69, 9.17) is 4.74 Å². The van der Waals surface area contributed by atoms with Crippen molar-refractivity contribution < 1.29 is 9.53 Å². The maximum Gasteiger partial charge on any atom is 0.216 e. The van der Waals surface area contributed by atoms with E-state index in [1.165, 1.54) is 5.56 Å². The second-order valence-corrected chi connectivity index (χ2v) is 4.00. The van der Waals surface area contributed by atoms with Crippen LogP contribution in [0, 0.1) is 0 Å². The van der Waals surface area contributed by atoms with Gasteiger partial charge in [-0.15, -0.1) is 0 Å². The number of carbonyl (C=O) groups is 1. The molecule has 1 aliphatic heterocycles. The van der Waals surface area contributed by atoms with Crippen LogP contribution in [0.3, 0.4) is 0 Å². The smallest absolute Gasteiger partial charge is 0.216 e. The minimum atomic E-state index is 0.254. The quantitative estimate of drug-likeness (QED) is 0.723. The topological polar surface area (TPSA) is 38.7 Å². The van der Waals surface area contributed by atoms with Gasteiger partial charge in [-0.2, -0.15) is 0 Å². The highest BCUT2D eigenvalue weighted by molar-refractivity contribution is 5.95. The molecule has 0 bridgehead atoms. The van der Waals surface area contributed by atoms with E-state index in [0.717, 1.165) is 24.2 Å². The molecule has 1 aromatic carbocycles. The number of aryl methyl sites for hydroxylation is 1. The van der Waals surface area contributed by atoms with Crippen LogP contribution in [0.5, 0.6) is 0 Å². The molecule has 1 aliphatic rings. The Balaban J connectivity index is 2.07. The second-order valence-electron chi connectivity index (χ2n) is 4.00. The molecule has 2 rings (SSSR count). The Morgan fingerprint density at radius 3 is 2.75 bits per heavy atom. The third-order valence-corrected chi connectivity index (χ3v) is 2.55. The van der Waals surface area contributed by atoms with E-state index < -0.39 is 0 Å². The molecule has 16 heavy (non-hydrogen) atoms. The molecule has 3 nitrogen and oxygen atoms in total. The Labute approximate surface area is 95.2 Å². The van der Waals surface area contributed by atoms with Gasteiger partial charge in [0.1, 0.15) is 12.9 Å². The Kier molecular flexibility index (Phi) is 3.34. The van der Waals surface area contributed by atoms with Gasteiger partial charge in [0.25, 0.3) is 0 Å². The molecule has 0 radical (unpaired) electrons. The van der Waals surface area contributed by atoms with Gasteiger partial charge in [0.15, 0.2) is 0 Å². The minimum Gasteiger partial charge on any atom is -0.475 e. The van der Waals surface area contributed by atoms with E-state index in [-0.39, 0.29) is 6.04 Å². The van der Waals surface area contributed by atoms with Crippen molar-refractivity contribution in [3.05, 3.63) is 35.4 Å². The summed E-state index contributed by atoms with van der Waals surface area (Å²) in [7, 11) is 0. The molecule has 84 valence electrons. The summed E-state index contributed by atoms with van der Waals surface area (Å²) in [5, 5.41) is 0. The average Bonchev–Trinajstić information content (AvgIpc) is 2.74. The molecule has 0 saturated heterocycles. The molecule has 0 aromatic heterocycles. The Morgan fingerprint density at radius 1 is 1.44 bits per heavy atom. The fourth-order valence-electron chi connectivity index (χ4n) is 1.67. The number of hydrogen-bond acceptors (Lipinski definition) is 3. The Morgan fingerprint density at radius 2 is 2.19 bits per heavy atom. The zero-order valence-corrected chi connectivity index (χ0v) is 9.35. The third kappa shape index (κ3) is 2.48. The molecule has 0 amide bonds. The Bertz CT molecular complexity index is 395. The first-order valence-corrected chi connectivity index (χ1v) is 5.53. The number of carbonyl (C=O) groups excluding carboxylic acids is 1. The number of ether oxygens (including phenoxy) is 1. The van der Waals surface area contributed by atoms with Crippen LogP contribution in [0.4, 0.5) is 0 Å². The number of benzene rings is 1. The van der Waals surface area contributed by atoms with E-state index in [0.29, 0.717) is 13.0 Å². The molecule has 1 unspecified atom stereocenters. The van der Waals surface area contributed by atoms with Gasteiger partial charge in [0.2, 0.25) is 5.90 Å². The third-order valence-electron chi connectivity index (χ3n) is 2.55. The van der Waals surface area contributed by atoms with Gasteiger partial charge >= 0.3 is 0 Å². The molecule has 1 atom stereocenters. The summed E-state index contributed by atoms with van der Waals surface area (Å²) < 4.78 is 5.47. The SMILES string of the molecule is CC1COC(c2ccc(CCC=O)cc2)=N1. The standard InChI is InChI=1S/C13H15NO2/c1-10-9-16-13(14-10)12-6-4-11(5-7-12)3-2-8-15/h4-8,10H,2-3,9H2,1H3. The van der Waals surface area contributed by atoms with Crippen molar-refractivity contribution in [2.75, 3.05) is 6.61 Å². The highest BCUT2D eigenvalue weighted by atomic mass is 16.5. The summed E-state index contributed by atoms with van der Waals surface area (Å²) in [5.74, 6) is 0.731. The summed E-state index contributed by atoms with van der Waals surface area (Å²) in [6.07, 6.45) is 2.32. The van der Waals surface area contributed by atoms with Gasteiger partial charge in [-0.25, -0.2) is 4.99 Å². The van der Waals surface area contributed by atoms with Gasteiger partial charge in [0.05, 0.1) is 6.04 Å². The van der Waals surface area contributed by atoms with E-state index in [1.807, 2.05) is 31.2 Å². The van der Waals surface area contributed by atoms with Crippen LogP contribution in [0.15, 0.2) is 29.3 Å². The minimum absolute atomic E-state index is 0.254. The average molecular weight is 217 g/mol. The van der Waals surface area contributed by atoms with Crippen molar-refractivity contribution in [3.8, 4) is 0 Å². The lowest BCUT2D eigenvalue weighted by Gasteiger charge is -2.02. The first-order chi connectivity index (χ1) is 7.79. The van der Waals surface area contributed by atoms with Gasteiger partial charge < -0.3 is 9.53 Å². The van der Waals surface area contributed by atoms with Crippen LogP contribution in [0.2, 0.25) is 0 Å². The molecule has 0 saturated carbocycles. The molecule has 0 aliphatic carbocycles. The fraction of sp³-hybridized carbons (Fsp3) is 0.385. The molecule has 3 heteroatoms. The van der Waals surface area contributed by atoms with Crippen LogP contribution in [-0.4, -0.2) is 24.8 Å². The lowest BCUT2D eigenvalue weighted by molar-refractivity contribution is -0.107. The van der Waals surface area contributed by atoms with Crippen molar-refractivity contribution in [1.82, 2.24) is 0 Å². The second kappa shape index (κ2) is 4.92. The first-order valence-electron chi connectivity index (χ1n) is 5.53. The van der Waals surface area contributed by atoms with E-state index in [2.05, 4.69) is 4.99 Å². The lowest BCUT2D eigenvalue weighted by atomic mass is 10.1. The van der Waals surface area contributed by atoms with Crippen LogP contribution >= 0.6 is 0 Å². The molecule has 1 heterocycles. The number of hydrogen-bond donors (Lipinski definition) is 0. The highest BCUT2D eigenvalue weighted by Crippen LogP contribution is 2.13. The summed E-state index contributed by atoms with van der Waals surface area (Å²) in [6.45, 7) is 2.70. The van der Waals surface area contributed by atoms with Gasteiger partial charge in [0, 0.05) is 12.0 Å². The van der Waals surface area contributed by atoms with E-state index in [1.54, 1.807) is 0 Å². The first kappa shape index (κ1) is 10.9. The molecule has 1 aromatic rings. The van der Waals surface area contributed by atoms with Crippen LogP contribution in [0.1, 0.15) is 24.5 Å². The van der Waals surface area contributed by atoms with Gasteiger partial charge in [-0.05, 0) is 31.0 Å². The lowest BCUT2D eigenvalue weighted by Crippen LogP contribution is -2.02. The normalized spacial score (nSPS) is 19.1. The van der Waals surface area contributed by atoms with Crippen molar-refractivity contribution in [3.63, 3.8) is 0 Å². The van der Waals surface area contributed by atoms with Crippen molar-refractivity contribution >= 4 is 12.2 Å². The summed E-state index contributed by atoms with van der Waals surface area (Å²) in [4.78, 5) is 14.6. The zero-order chi connectivity index (χ0) is 11.4. The summed E-state index contributed by atoms with van der Waals surface area (Å²) in [5.41, 5.74) is 2.18. The molecule has 0 fully saturated rings. The number of nitrogens with zero attached hydrogens (tertiary/aromatic N) is 1. The summed E-state index contributed by atoms with van der Waals surface area (Å²) in [6, 6.07) is 8.29. The number of rotatable bonds is 4. The predicted molar refractivity (Wildman–Crippen MR) is 62.8 cm³/mol. The van der Waals surface area contributed by atoms with Gasteiger partial charge in [-0.1, -0.05) is 12.1 Å². The number of aliphatic imine (C=N–C) groups is 1. The summed E-state index contributed by atoms with van der Waals surface area (Å²) >= 11 is 0. The van der Waals surface area contributed by atoms with Gasteiger partial charge in [-0.3, -0.25) is 0 Å². The highest BCUT2D eigenvalue weighted by Gasteiger charge is 2.15. The molecular formula is C13H15NO2. The molecule has 0 spiro atoms. The van der Waals surface area contributed by atoms with Crippen LogP contribution < -0.4 is 0 Å². The van der Waals surface area contributed by atoms with Crippen molar-refractivity contribution in [2.45, 2.75) is 25.8 Å². The zero-order valence-electron chi connectivity index (χ0n) is 9.35. The molecular weight excluding hydrogens is 202 g/mol. The van der Waals surface area contributed by atoms with E-state index in [9.17, 15) is 4.79 Å². The monoisotopic (exact) mass is 217 g/mol. The van der Waals surface area contributed by atoms with Crippen LogP contribution in [0.25, 0.3) is 0 Å². The van der Waals surface area contributed by atoms with E-state index >= 15 is 0 Å². The largest absolute Gasteiger partial charge is 0.475 e. The number of aldehydes is 1. The fourth-order valence-corrected chi connectivity index (χ4v) is 1.67.